The summed E-state index contributed by atoms with van der Waals surface area (Å²) in [5.41, 5.74) is 6.47. The molecule has 1 aromatic carbocycles. The van der Waals surface area contributed by atoms with Crippen molar-refractivity contribution in [3.63, 3.8) is 0 Å². The molecule has 1 unspecified atom stereocenters. The average molecular weight is 288 g/mol. The van der Waals surface area contributed by atoms with Crippen molar-refractivity contribution in [3.8, 4) is 11.5 Å². The van der Waals surface area contributed by atoms with Crippen LogP contribution in [0.3, 0.4) is 0 Å². The molecule has 0 aliphatic heterocycles. The van der Waals surface area contributed by atoms with Crippen LogP contribution in [0.5, 0.6) is 11.5 Å². The van der Waals surface area contributed by atoms with E-state index in [-0.39, 0.29) is 6.42 Å². The van der Waals surface area contributed by atoms with Crippen LogP contribution in [0.2, 0.25) is 5.02 Å². The standard InChI is InChI=1S/C13H18ClNO4/c1-4-19-13(16)9(15)7-8-5-6-10(17-2)12(18-3)11(8)14/h5-6,9H,4,7,15H2,1-3H3. The van der Waals surface area contributed by atoms with E-state index in [1.54, 1.807) is 19.1 Å². The molecule has 2 N–H and O–H groups in total. The molecule has 0 saturated carbocycles. The van der Waals surface area contributed by atoms with E-state index >= 15 is 0 Å². The van der Waals surface area contributed by atoms with Gasteiger partial charge in [-0.3, -0.25) is 4.79 Å². The molecule has 0 spiro atoms. The number of methoxy groups -OCH3 is 2. The third-order valence-electron chi connectivity index (χ3n) is 2.59. The zero-order chi connectivity index (χ0) is 14.4. The molecule has 0 aliphatic rings. The Hall–Kier alpha value is -1.46. The zero-order valence-corrected chi connectivity index (χ0v) is 12.0. The lowest BCUT2D eigenvalue weighted by Crippen LogP contribution is -2.34. The number of benzene rings is 1. The van der Waals surface area contributed by atoms with E-state index in [9.17, 15) is 4.79 Å². The van der Waals surface area contributed by atoms with E-state index in [1.165, 1.54) is 14.2 Å². The number of nitrogens with two attached hydrogens (primary N) is 1. The minimum absolute atomic E-state index is 0.276. The highest BCUT2D eigenvalue weighted by atomic mass is 35.5. The van der Waals surface area contributed by atoms with Crippen molar-refractivity contribution < 1.29 is 19.0 Å². The summed E-state index contributed by atoms with van der Waals surface area (Å²) in [7, 11) is 3.02. The number of halogens is 1. The SMILES string of the molecule is CCOC(=O)C(N)Cc1ccc(OC)c(OC)c1Cl. The summed E-state index contributed by atoms with van der Waals surface area (Å²) in [5, 5.41) is 0.390. The summed E-state index contributed by atoms with van der Waals surface area (Å²) in [6.45, 7) is 2.03. The second-order valence-electron chi connectivity index (χ2n) is 3.84. The predicted molar refractivity (Wildman–Crippen MR) is 72.9 cm³/mol. The van der Waals surface area contributed by atoms with Gasteiger partial charge in [0, 0.05) is 0 Å². The van der Waals surface area contributed by atoms with Gasteiger partial charge in [0.1, 0.15) is 6.04 Å². The van der Waals surface area contributed by atoms with Crippen LogP contribution in [0.4, 0.5) is 0 Å². The summed E-state index contributed by atoms with van der Waals surface area (Å²) in [6.07, 6.45) is 0.276. The largest absolute Gasteiger partial charge is 0.493 e. The summed E-state index contributed by atoms with van der Waals surface area (Å²) in [5.74, 6) is 0.507. The van der Waals surface area contributed by atoms with Gasteiger partial charge in [0.15, 0.2) is 11.5 Å². The Morgan fingerprint density at radius 3 is 2.58 bits per heavy atom. The fourth-order valence-corrected chi connectivity index (χ4v) is 1.97. The van der Waals surface area contributed by atoms with Gasteiger partial charge >= 0.3 is 5.97 Å². The van der Waals surface area contributed by atoms with E-state index in [4.69, 9.17) is 31.5 Å². The first-order valence-electron chi connectivity index (χ1n) is 5.86. The second kappa shape index (κ2) is 7.21. The highest BCUT2D eigenvalue weighted by Crippen LogP contribution is 2.37. The molecule has 1 rings (SSSR count). The van der Waals surface area contributed by atoms with E-state index in [0.29, 0.717) is 28.7 Å². The van der Waals surface area contributed by atoms with Crippen LogP contribution >= 0.6 is 11.6 Å². The maximum Gasteiger partial charge on any atom is 0.323 e. The van der Waals surface area contributed by atoms with Gasteiger partial charge in [0.05, 0.1) is 25.8 Å². The minimum Gasteiger partial charge on any atom is -0.493 e. The van der Waals surface area contributed by atoms with E-state index < -0.39 is 12.0 Å². The highest BCUT2D eigenvalue weighted by Gasteiger charge is 2.19. The molecule has 0 aromatic heterocycles. The summed E-state index contributed by atoms with van der Waals surface area (Å²) >= 11 is 6.21. The van der Waals surface area contributed by atoms with Crippen molar-refractivity contribution in [2.24, 2.45) is 5.73 Å². The fourth-order valence-electron chi connectivity index (χ4n) is 1.66. The molecule has 19 heavy (non-hydrogen) atoms. The summed E-state index contributed by atoms with van der Waals surface area (Å²) < 4.78 is 15.2. The first-order valence-corrected chi connectivity index (χ1v) is 6.24. The minimum atomic E-state index is -0.754. The van der Waals surface area contributed by atoms with Crippen LogP contribution in [0, 0.1) is 0 Å². The molecule has 0 fully saturated rings. The fraction of sp³-hybridized carbons (Fsp3) is 0.462. The third kappa shape index (κ3) is 3.75. The quantitative estimate of drug-likeness (QED) is 0.808. The van der Waals surface area contributed by atoms with Crippen molar-refractivity contribution in [1.82, 2.24) is 0 Å². The smallest absolute Gasteiger partial charge is 0.323 e. The molecule has 0 radical (unpaired) electrons. The van der Waals surface area contributed by atoms with Crippen molar-refractivity contribution >= 4 is 17.6 Å². The molecule has 1 atom stereocenters. The first-order chi connectivity index (χ1) is 9.04. The van der Waals surface area contributed by atoms with Gasteiger partial charge in [-0.15, -0.1) is 0 Å². The number of carbonyl (C=O) groups excluding carboxylic acids is 1. The number of rotatable bonds is 6. The Morgan fingerprint density at radius 2 is 2.05 bits per heavy atom. The summed E-state index contributed by atoms with van der Waals surface area (Å²) in [4.78, 5) is 11.5. The molecule has 0 heterocycles. The predicted octanol–water partition coefficient (Wildman–Crippen LogP) is 1.79. The molecular weight excluding hydrogens is 270 g/mol. The maximum atomic E-state index is 11.5. The third-order valence-corrected chi connectivity index (χ3v) is 3.01. The lowest BCUT2D eigenvalue weighted by molar-refractivity contribution is -0.144. The molecule has 0 saturated heterocycles. The van der Waals surface area contributed by atoms with Crippen molar-refractivity contribution in [1.29, 1.82) is 0 Å². The van der Waals surface area contributed by atoms with Crippen LogP contribution in [0.1, 0.15) is 12.5 Å². The zero-order valence-electron chi connectivity index (χ0n) is 11.2. The molecule has 0 amide bonds. The summed E-state index contributed by atoms with van der Waals surface area (Å²) in [6, 6.07) is 2.72. The van der Waals surface area contributed by atoms with E-state index in [0.717, 1.165) is 0 Å². The lowest BCUT2D eigenvalue weighted by atomic mass is 10.1. The lowest BCUT2D eigenvalue weighted by Gasteiger charge is -2.15. The van der Waals surface area contributed by atoms with Crippen LogP contribution in [0.25, 0.3) is 0 Å². The molecule has 0 aliphatic carbocycles. The normalized spacial score (nSPS) is 11.8. The van der Waals surface area contributed by atoms with Crippen LogP contribution in [0.15, 0.2) is 12.1 Å². The van der Waals surface area contributed by atoms with Gasteiger partial charge < -0.3 is 19.9 Å². The molecule has 0 bridgehead atoms. The Kier molecular flexibility index (Phi) is 5.92. The number of ether oxygens (including phenoxy) is 3. The Bertz CT molecular complexity index is 451. The van der Waals surface area contributed by atoms with Gasteiger partial charge in [0.25, 0.3) is 0 Å². The molecular formula is C13H18ClNO4. The molecule has 1 aromatic rings. The van der Waals surface area contributed by atoms with Crippen molar-refractivity contribution in [2.45, 2.75) is 19.4 Å². The second-order valence-corrected chi connectivity index (χ2v) is 4.21. The first kappa shape index (κ1) is 15.6. The van der Waals surface area contributed by atoms with Gasteiger partial charge in [-0.05, 0) is 25.0 Å². The van der Waals surface area contributed by atoms with Gasteiger partial charge in [-0.1, -0.05) is 17.7 Å². The van der Waals surface area contributed by atoms with Gasteiger partial charge in [-0.25, -0.2) is 0 Å². The highest BCUT2D eigenvalue weighted by molar-refractivity contribution is 6.33. The Labute approximate surface area is 117 Å². The monoisotopic (exact) mass is 287 g/mol. The van der Waals surface area contributed by atoms with Crippen LogP contribution < -0.4 is 15.2 Å². The Morgan fingerprint density at radius 1 is 1.37 bits per heavy atom. The van der Waals surface area contributed by atoms with Crippen LogP contribution in [-0.4, -0.2) is 32.8 Å². The number of hydrogen-bond acceptors (Lipinski definition) is 5. The number of esters is 1. The number of hydrogen-bond donors (Lipinski definition) is 1. The molecule has 5 nitrogen and oxygen atoms in total. The van der Waals surface area contributed by atoms with Gasteiger partial charge in [-0.2, -0.15) is 0 Å². The van der Waals surface area contributed by atoms with E-state index in [2.05, 4.69) is 0 Å². The topological polar surface area (TPSA) is 70.8 Å². The Balaban J connectivity index is 2.93. The maximum absolute atomic E-state index is 11.5. The van der Waals surface area contributed by atoms with E-state index in [1.807, 2.05) is 0 Å². The van der Waals surface area contributed by atoms with Gasteiger partial charge in [0.2, 0.25) is 0 Å². The van der Waals surface area contributed by atoms with Crippen molar-refractivity contribution in [3.05, 3.63) is 22.7 Å². The number of carbonyl (C=O) groups is 1. The molecule has 6 heteroatoms. The average Bonchev–Trinajstić information content (AvgIpc) is 2.40. The molecule has 106 valence electrons. The van der Waals surface area contributed by atoms with Crippen molar-refractivity contribution in [2.75, 3.05) is 20.8 Å². The van der Waals surface area contributed by atoms with Crippen LogP contribution in [-0.2, 0) is 16.0 Å².